The van der Waals surface area contributed by atoms with Crippen molar-refractivity contribution in [2.75, 3.05) is 6.54 Å². The van der Waals surface area contributed by atoms with Gasteiger partial charge in [-0.2, -0.15) is 0 Å². The van der Waals surface area contributed by atoms with E-state index in [0.29, 0.717) is 38.8 Å². The Morgan fingerprint density at radius 1 is 0.648 bits per heavy atom. The highest BCUT2D eigenvalue weighted by atomic mass is 16.7. The van der Waals surface area contributed by atoms with Crippen LogP contribution in [0.15, 0.2) is 133 Å². The summed E-state index contributed by atoms with van der Waals surface area (Å²) in [5.41, 5.74) is 9.91. The normalized spacial score (nSPS) is 16.9. The van der Waals surface area contributed by atoms with E-state index >= 15 is 0 Å². The van der Waals surface area contributed by atoms with Crippen molar-refractivity contribution >= 4 is 11.8 Å². The summed E-state index contributed by atoms with van der Waals surface area (Å²) < 4.78 is 13.6. The predicted molar refractivity (Wildman–Crippen MR) is 208 cm³/mol. The number of unbranched alkanes of at least 4 members (excludes halogenated alkanes) is 1. The zero-order valence-corrected chi connectivity index (χ0v) is 30.5. The van der Waals surface area contributed by atoms with E-state index in [0.717, 1.165) is 46.5 Å². The third-order valence-corrected chi connectivity index (χ3v) is 9.67. The van der Waals surface area contributed by atoms with Gasteiger partial charge in [0.25, 0.3) is 0 Å². The van der Waals surface area contributed by atoms with Crippen LogP contribution in [0.1, 0.15) is 77.9 Å². The summed E-state index contributed by atoms with van der Waals surface area (Å²) in [5, 5.41) is 21.3. The zero-order chi connectivity index (χ0) is 37.5. The van der Waals surface area contributed by atoms with Crippen LogP contribution in [0, 0.1) is 0 Å². The van der Waals surface area contributed by atoms with Crippen LogP contribution < -0.4 is 10.8 Å². The molecule has 1 fully saturated rings. The molecule has 5 aromatic rings. The van der Waals surface area contributed by atoms with Crippen LogP contribution in [0.4, 0.5) is 0 Å². The molecule has 5 aromatic carbocycles. The van der Waals surface area contributed by atoms with Gasteiger partial charge in [-0.15, -0.1) is 0 Å². The van der Waals surface area contributed by atoms with Crippen molar-refractivity contribution in [1.29, 1.82) is 0 Å². The van der Waals surface area contributed by atoms with E-state index in [1.807, 2.05) is 60.7 Å². The van der Waals surface area contributed by atoms with Gasteiger partial charge < -0.3 is 19.9 Å². The van der Waals surface area contributed by atoms with Gasteiger partial charge in [-0.05, 0) is 63.9 Å². The highest BCUT2D eigenvalue weighted by Gasteiger charge is 2.33. The fourth-order valence-corrected chi connectivity index (χ4v) is 6.83. The molecule has 9 heteroatoms. The second-order valence-electron chi connectivity index (χ2n) is 13.8. The number of nitrogens with one attached hydrogen (secondary N) is 2. The SMILES string of the molecule is O=C(CCCCC(=O)NCc1cccc(-c2cccc(C3OC(CN(Cc4ccccc4)Cc4ccccc4)CC(c4ccc(CO)cc4)O3)c2)c1)NO. The molecule has 280 valence electrons. The summed E-state index contributed by atoms with van der Waals surface area (Å²) >= 11 is 0. The maximum absolute atomic E-state index is 12.4. The molecule has 0 radical (unpaired) electrons. The smallest absolute Gasteiger partial charge is 0.243 e. The Labute approximate surface area is 317 Å². The number of carbonyl (C=O) groups is 2. The molecule has 1 aliphatic rings. The van der Waals surface area contributed by atoms with Gasteiger partial charge in [-0.1, -0.05) is 121 Å². The van der Waals surface area contributed by atoms with Crippen molar-refractivity contribution in [1.82, 2.24) is 15.7 Å². The standard InChI is InChI=1S/C45H49N3O6/c49-32-35-21-23-37(24-22-35)42-27-41(31-48(29-33-11-3-1-4-12-33)30-34-13-5-2-6-14-34)53-45(54-42)40-18-10-17-39(26-40)38-16-9-15-36(25-38)28-46-43(50)19-7-8-20-44(51)47-52/h1-6,9-18,21-26,41-42,45,49,52H,7-8,19-20,27-32H2,(H,46,50)(H,47,51). The van der Waals surface area contributed by atoms with Gasteiger partial charge in [0.15, 0.2) is 6.29 Å². The summed E-state index contributed by atoms with van der Waals surface area (Å²) in [5.74, 6) is -0.532. The van der Waals surface area contributed by atoms with Gasteiger partial charge in [-0.3, -0.25) is 19.7 Å². The monoisotopic (exact) mass is 727 g/mol. The lowest BCUT2D eigenvalue weighted by Gasteiger charge is -2.38. The molecule has 54 heavy (non-hydrogen) atoms. The number of hydroxylamine groups is 1. The summed E-state index contributed by atoms with van der Waals surface area (Å²) in [4.78, 5) is 26.1. The van der Waals surface area contributed by atoms with Gasteiger partial charge in [0.2, 0.25) is 11.8 Å². The van der Waals surface area contributed by atoms with E-state index in [2.05, 4.69) is 83.0 Å². The lowest BCUT2D eigenvalue weighted by molar-refractivity contribution is -0.253. The topological polar surface area (TPSA) is 120 Å². The first-order valence-corrected chi connectivity index (χ1v) is 18.7. The minimum atomic E-state index is -0.604. The van der Waals surface area contributed by atoms with Gasteiger partial charge in [-0.25, -0.2) is 5.48 Å². The number of benzene rings is 5. The molecule has 3 atom stereocenters. The average molecular weight is 728 g/mol. The van der Waals surface area contributed by atoms with Crippen LogP contribution in [-0.4, -0.2) is 39.7 Å². The molecule has 2 amide bonds. The highest BCUT2D eigenvalue weighted by molar-refractivity contribution is 5.76. The quantitative estimate of drug-likeness (QED) is 0.0439. The molecule has 4 N–H and O–H groups in total. The van der Waals surface area contributed by atoms with Crippen molar-refractivity contribution in [2.45, 2.75) is 76.8 Å². The third-order valence-electron chi connectivity index (χ3n) is 9.67. The van der Waals surface area contributed by atoms with Gasteiger partial charge in [0, 0.05) is 51.0 Å². The molecule has 0 saturated carbocycles. The second kappa shape index (κ2) is 19.8. The molecule has 1 heterocycles. The summed E-state index contributed by atoms with van der Waals surface area (Å²) in [6.07, 6.45) is 1.32. The van der Waals surface area contributed by atoms with Crippen molar-refractivity contribution in [3.8, 4) is 11.1 Å². The van der Waals surface area contributed by atoms with E-state index in [9.17, 15) is 14.7 Å². The Bertz CT molecular complexity index is 1880. The van der Waals surface area contributed by atoms with Gasteiger partial charge in [0.1, 0.15) is 0 Å². The molecule has 9 nitrogen and oxygen atoms in total. The van der Waals surface area contributed by atoms with E-state index < -0.39 is 12.2 Å². The molecule has 0 spiro atoms. The van der Waals surface area contributed by atoms with Crippen LogP contribution >= 0.6 is 0 Å². The molecule has 0 aliphatic carbocycles. The number of nitrogens with zero attached hydrogens (tertiary/aromatic N) is 1. The molecule has 0 bridgehead atoms. The van der Waals surface area contributed by atoms with Crippen LogP contribution in [-0.2, 0) is 45.3 Å². The summed E-state index contributed by atoms with van der Waals surface area (Å²) in [7, 11) is 0. The molecule has 1 saturated heterocycles. The molecular formula is C45H49N3O6. The predicted octanol–water partition coefficient (Wildman–Crippen LogP) is 7.78. The lowest BCUT2D eigenvalue weighted by atomic mass is 9.98. The summed E-state index contributed by atoms with van der Waals surface area (Å²) in [6.45, 7) is 2.65. The van der Waals surface area contributed by atoms with Crippen molar-refractivity contribution in [3.63, 3.8) is 0 Å². The fourth-order valence-electron chi connectivity index (χ4n) is 6.83. The molecule has 3 unspecified atom stereocenters. The van der Waals surface area contributed by atoms with Crippen molar-refractivity contribution < 1.29 is 29.4 Å². The lowest BCUT2D eigenvalue weighted by Crippen LogP contribution is -2.39. The molecular weight excluding hydrogens is 679 g/mol. The Kier molecular flexibility index (Phi) is 14.1. The van der Waals surface area contributed by atoms with E-state index in [1.54, 1.807) is 5.48 Å². The number of ether oxygens (including phenoxy) is 2. The molecule has 1 aliphatic heterocycles. The minimum Gasteiger partial charge on any atom is -0.392 e. The van der Waals surface area contributed by atoms with E-state index in [1.165, 1.54) is 11.1 Å². The van der Waals surface area contributed by atoms with Gasteiger partial charge in [0.05, 0.1) is 18.8 Å². The van der Waals surface area contributed by atoms with Crippen molar-refractivity contribution in [2.24, 2.45) is 0 Å². The number of amides is 2. The first kappa shape index (κ1) is 38.6. The van der Waals surface area contributed by atoms with Crippen LogP contribution in [0.25, 0.3) is 11.1 Å². The number of rotatable bonds is 17. The Morgan fingerprint density at radius 2 is 1.26 bits per heavy atom. The molecule has 6 rings (SSSR count). The number of hydrogen-bond acceptors (Lipinski definition) is 7. The van der Waals surface area contributed by atoms with Crippen LogP contribution in [0.3, 0.4) is 0 Å². The van der Waals surface area contributed by atoms with Gasteiger partial charge >= 0.3 is 0 Å². The number of carbonyl (C=O) groups excluding carboxylic acids is 2. The molecule has 0 aromatic heterocycles. The Balaban J connectivity index is 1.18. The zero-order valence-electron chi connectivity index (χ0n) is 30.5. The first-order valence-electron chi connectivity index (χ1n) is 18.7. The van der Waals surface area contributed by atoms with Crippen LogP contribution in [0.5, 0.6) is 0 Å². The Morgan fingerprint density at radius 3 is 1.91 bits per heavy atom. The number of hydrogen-bond donors (Lipinski definition) is 4. The largest absolute Gasteiger partial charge is 0.392 e. The maximum Gasteiger partial charge on any atom is 0.243 e. The van der Waals surface area contributed by atoms with E-state index in [-0.39, 0.29) is 31.1 Å². The minimum absolute atomic E-state index is 0.0121. The van der Waals surface area contributed by atoms with Crippen molar-refractivity contribution in [3.05, 3.63) is 167 Å². The number of aliphatic hydroxyl groups excluding tert-OH is 1. The second-order valence-corrected chi connectivity index (χ2v) is 13.8. The third kappa shape index (κ3) is 11.4. The highest BCUT2D eigenvalue weighted by Crippen LogP contribution is 2.39. The Hall–Kier alpha value is -5.16. The number of aliphatic hydroxyl groups is 1. The van der Waals surface area contributed by atoms with Crippen LogP contribution in [0.2, 0.25) is 0 Å². The summed E-state index contributed by atoms with van der Waals surface area (Å²) in [6, 6.07) is 45.4. The first-order chi connectivity index (χ1) is 26.4. The van der Waals surface area contributed by atoms with E-state index in [4.69, 9.17) is 14.7 Å². The maximum atomic E-state index is 12.4. The average Bonchev–Trinajstić information content (AvgIpc) is 3.22. The fraction of sp³-hybridized carbons (Fsp3) is 0.289.